The van der Waals surface area contributed by atoms with Crippen molar-refractivity contribution in [2.75, 3.05) is 29.4 Å². The fourth-order valence-corrected chi connectivity index (χ4v) is 4.28. The molecule has 128 valence electrons. The molecule has 25 heavy (non-hydrogen) atoms. The number of benzene rings is 1. The van der Waals surface area contributed by atoms with Crippen LogP contribution in [0.5, 0.6) is 0 Å². The smallest absolute Gasteiger partial charge is 0.328 e. The van der Waals surface area contributed by atoms with Crippen molar-refractivity contribution in [2.24, 2.45) is 0 Å². The SMILES string of the molecule is O=C1CCN(c2cncc3c(N4C[C@@H]5C[C@H]4CN5)cccc23)C(=O)N1. The molecule has 1 aromatic heterocycles. The van der Waals surface area contributed by atoms with Crippen LogP contribution in [0.4, 0.5) is 16.2 Å². The topological polar surface area (TPSA) is 77.6 Å². The molecule has 2 atom stereocenters. The van der Waals surface area contributed by atoms with E-state index in [0.29, 0.717) is 25.0 Å². The average Bonchev–Trinajstić information content (AvgIpc) is 3.24. The first-order valence-electron chi connectivity index (χ1n) is 8.69. The molecule has 2 bridgehead atoms. The number of carbonyl (C=O) groups is 2. The number of aromatic nitrogens is 1. The Morgan fingerprint density at radius 1 is 1.12 bits per heavy atom. The summed E-state index contributed by atoms with van der Waals surface area (Å²) in [5, 5.41) is 7.96. The third kappa shape index (κ3) is 2.26. The first-order chi connectivity index (χ1) is 12.2. The minimum absolute atomic E-state index is 0.226. The summed E-state index contributed by atoms with van der Waals surface area (Å²) in [6.45, 7) is 2.41. The van der Waals surface area contributed by atoms with Gasteiger partial charge in [0.15, 0.2) is 0 Å². The molecule has 2 aromatic rings. The second kappa shape index (κ2) is 5.42. The number of anilines is 2. The van der Waals surface area contributed by atoms with Gasteiger partial charge in [0.05, 0.1) is 11.9 Å². The molecule has 1 aromatic carbocycles. The van der Waals surface area contributed by atoms with E-state index in [4.69, 9.17) is 0 Å². The van der Waals surface area contributed by atoms with Crippen molar-refractivity contribution in [3.63, 3.8) is 0 Å². The second-order valence-corrected chi connectivity index (χ2v) is 6.93. The largest absolute Gasteiger partial charge is 0.365 e. The number of fused-ring (bicyclic) bond motifs is 3. The first-order valence-corrected chi connectivity index (χ1v) is 8.69. The average molecular weight is 337 g/mol. The fourth-order valence-electron chi connectivity index (χ4n) is 4.28. The Hall–Kier alpha value is -2.67. The number of urea groups is 1. The Morgan fingerprint density at radius 2 is 2.04 bits per heavy atom. The quantitative estimate of drug-likeness (QED) is 0.862. The predicted molar refractivity (Wildman–Crippen MR) is 94.8 cm³/mol. The number of nitrogens with one attached hydrogen (secondary N) is 2. The Kier molecular flexibility index (Phi) is 3.18. The summed E-state index contributed by atoms with van der Waals surface area (Å²) >= 11 is 0. The Balaban J connectivity index is 1.59. The van der Waals surface area contributed by atoms with Gasteiger partial charge in [-0.2, -0.15) is 0 Å². The number of nitrogens with zero attached hydrogens (tertiary/aromatic N) is 3. The van der Waals surface area contributed by atoms with E-state index < -0.39 is 0 Å². The number of carbonyl (C=O) groups excluding carboxylic acids is 2. The number of rotatable bonds is 2. The maximum Gasteiger partial charge on any atom is 0.328 e. The molecular weight excluding hydrogens is 318 g/mol. The Bertz CT molecular complexity index is 883. The summed E-state index contributed by atoms with van der Waals surface area (Å²) < 4.78 is 0. The van der Waals surface area contributed by atoms with Gasteiger partial charge in [0.25, 0.3) is 0 Å². The van der Waals surface area contributed by atoms with Gasteiger partial charge in [-0.15, -0.1) is 0 Å². The van der Waals surface area contributed by atoms with Crippen molar-refractivity contribution < 1.29 is 9.59 Å². The van der Waals surface area contributed by atoms with Crippen molar-refractivity contribution in [1.82, 2.24) is 15.6 Å². The molecule has 2 N–H and O–H groups in total. The van der Waals surface area contributed by atoms with E-state index in [1.807, 2.05) is 18.3 Å². The fraction of sp³-hybridized carbons (Fsp3) is 0.389. The summed E-state index contributed by atoms with van der Waals surface area (Å²) in [5.74, 6) is -0.226. The first kappa shape index (κ1) is 14.7. The third-order valence-corrected chi connectivity index (χ3v) is 5.47. The molecule has 5 rings (SSSR count). The van der Waals surface area contributed by atoms with E-state index in [-0.39, 0.29) is 11.9 Å². The van der Waals surface area contributed by atoms with E-state index in [1.165, 1.54) is 12.1 Å². The lowest BCUT2D eigenvalue weighted by Gasteiger charge is -2.31. The van der Waals surface area contributed by atoms with Crippen molar-refractivity contribution in [1.29, 1.82) is 0 Å². The maximum atomic E-state index is 12.2. The van der Waals surface area contributed by atoms with Crippen LogP contribution in [0.15, 0.2) is 30.6 Å². The number of hydrogen-bond donors (Lipinski definition) is 2. The van der Waals surface area contributed by atoms with Gasteiger partial charge in [-0.05, 0) is 12.5 Å². The molecule has 0 unspecified atom stereocenters. The van der Waals surface area contributed by atoms with E-state index in [0.717, 1.165) is 29.5 Å². The molecule has 0 spiro atoms. The van der Waals surface area contributed by atoms with Crippen LogP contribution in [0.1, 0.15) is 12.8 Å². The van der Waals surface area contributed by atoms with Gasteiger partial charge in [0.1, 0.15) is 0 Å². The van der Waals surface area contributed by atoms with E-state index in [9.17, 15) is 9.59 Å². The zero-order chi connectivity index (χ0) is 17.0. The molecule has 0 aliphatic carbocycles. The van der Waals surface area contributed by atoms with Crippen LogP contribution in [0.3, 0.4) is 0 Å². The second-order valence-electron chi connectivity index (χ2n) is 6.93. The molecule has 3 amide bonds. The zero-order valence-corrected chi connectivity index (χ0v) is 13.7. The predicted octanol–water partition coefficient (Wildman–Crippen LogP) is 1.23. The normalized spacial score (nSPS) is 25.8. The van der Waals surface area contributed by atoms with Crippen molar-refractivity contribution in [3.8, 4) is 0 Å². The monoisotopic (exact) mass is 337 g/mol. The Morgan fingerprint density at radius 3 is 2.80 bits per heavy atom. The van der Waals surface area contributed by atoms with Crippen LogP contribution in [0.2, 0.25) is 0 Å². The van der Waals surface area contributed by atoms with Crippen molar-refractivity contribution >= 4 is 34.1 Å². The van der Waals surface area contributed by atoms with Gasteiger partial charge in [-0.1, -0.05) is 12.1 Å². The van der Waals surface area contributed by atoms with Crippen molar-refractivity contribution in [3.05, 3.63) is 30.6 Å². The highest BCUT2D eigenvalue weighted by molar-refractivity contribution is 6.11. The van der Waals surface area contributed by atoms with Crippen LogP contribution in [0.25, 0.3) is 10.8 Å². The molecule has 0 radical (unpaired) electrons. The van der Waals surface area contributed by atoms with Gasteiger partial charge in [0.2, 0.25) is 5.91 Å². The lowest BCUT2D eigenvalue weighted by atomic mass is 10.1. The molecule has 4 heterocycles. The van der Waals surface area contributed by atoms with E-state index in [2.05, 4.69) is 26.6 Å². The molecule has 0 saturated carbocycles. The van der Waals surface area contributed by atoms with E-state index in [1.54, 1.807) is 11.1 Å². The maximum absolute atomic E-state index is 12.2. The summed E-state index contributed by atoms with van der Waals surface area (Å²) in [6, 6.07) is 6.90. The van der Waals surface area contributed by atoms with Gasteiger partial charge in [-0.25, -0.2) is 4.79 Å². The van der Waals surface area contributed by atoms with Crippen molar-refractivity contribution in [2.45, 2.75) is 24.9 Å². The van der Waals surface area contributed by atoms with Gasteiger partial charge in [-0.3, -0.25) is 20.0 Å². The Labute approximate surface area is 145 Å². The molecule has 3 fully saturated rings. The van der Waals surface area contributed by atoms with E-state index >= 15 is 0 Å². The third-order valence-electron chi connectivity index (χ3n) is 5.47. The summed E-state index contributed by atoms with van der Waals surface area (Å²) in [6.07, 6.45) is 5.07. The number of hydrogen-bond acceptors (Lipinski definition) is 5. The van der Waals surface area contributed by atoms with Gasteiger partial charge >= 0.3 is 6.03 Å². The standard InChI is InChI=1S/C18H19N5O2/c24-17-4-5-22(18(25)21-17)16-9-19-8-14-13(16)2-1-3-15(14)23-10-11-6-12(23)7-20-11/h1-3,8-9,11-12,20H,4-7,10H2,(H,21,24,25)/t11-,12-/m0/s1. The molecule has 3 aliphatic rings. The molecule has 3 saturated heterocycles. The van der Waals surface area contributed by atoms with Gasteiger partial charge in [0, 0.05) is 60.8 Å². The van der Waals surface area contributed by atoms with Crippen LogP contribution in [0, 0.1) is 0 Å². The number of pyridine rings is 1. The van der Waals surface area contributed by atoms with Crippen LogP contribution in [-0.2, 0) is 4.79 Å². The van der Waals surface area contributed by atoms with Crippen LogP contribution < -0.4 is 20.4 Å². The lowest BCUT2D eigenvalue weighted by Crippen LogP contribution is -2.49. The highest BCUT2D eigenvalue weighted by Crippen LogP contribution is 2.37. The minimum Gasteiger partial charge on any atom is -0.365 e. The molecule has 3 aliphatic heterocycles. The van der Waals surface area contributed by atoms with Crippen LogP contribution >= 0.6 is 0 Å². The molecule has 7 heteroatoms. The number of imide groups is 1. The minimum atomic E-state index is -0.375. The molecule has 7 nitrogen and oxygen atoms in total. The lowest BCUT2D eigenvalue weighted by molar-refractivity contribution is -0.120. The van der Waals surface area contributed by atoms with Gasteiger partial charge < -0.3 is 10.2 Å². The summed E-state index contributed by atoms with van der Waals surface area (Å²) in [4.78, 5) is 32.1. The highest BCUT2D eigenvalue weighted by atomic mass is 16.2. The summed E-state index contributed by atoms with van der Waals surface area (Å²) in [5.41, 5.74) is 1.93. The zero-order valence-electron chi connectivity index (χ0n) is 13.7. The summed E-state index contributed by atoms with van der Waals surface area (Å²) in [7, 11) is 0. The number of amides is 3. The number of piperazine rings is 1. The highest BCUT2D eigenvalue weighted by Gasteiger charge is 2.38. The van der Waals surface area contributed by atoms with Crippen LogP contribution in [-0.4, -0.2) is 48.6 Å². The molecular formula is C18H19N5O2.